The van der Waals surface area contributed by atoms with E-state index >= 15 is 0 Å². The summed E-state index contributed by atoms with van der Waals surface area (Å²) in [5.74, 6) is -0.366. The molecule has 3 aromatic rings. The standard InChI is InChI=1S/C22H22Cl2N4O/c1-12-9-19(27-8-4-5-15(11-27)21(25)29)20-13(2)14(3)28(22(20)26-12)18-7-6-16(23)10-17(18)24/h5-7,9-10H,4,8,11H2,1-3H3,(H2,25,29). The van der Waals surface area contributed by atoms with Gasteiger partial charge in [0.1, 0.15) is 5.65 Å². The summed E-state index contributed by atoms with van der Waals surface area (Å²) in [6.45, 7) is 7.45. The van der Waals surface area contributed by atoms with Crippen molar-refractivity contribution in [2.24, 2.45) is 5.73 Å². The van der Waals surface area contributed by atoms with Gasteiger partial charge in [-0.15, -0.1) is 0 Å². The lowest BCUT2D eigenvalue weighted by Crippen LogP contribution is -2.34. The number of aryl methyl sites for hydroxylation is 2. The fourth-order valence-electron chi connectivity index (χ4n) is 4.00. The van der Waals surface area contributed by atoms with Gasteiger partial charge in [0.05, 0.1) is 16.4 Å². The highest BCUT2D eigenvalue weighted by atomic mass is 35.5. The van der Waals surface area contributed by atoms with Crippen LogP contribution in [-0.2, 0) is 4.79 Å². The van der Waals surface area contributed by atoms with Gasteiger partial charge in [-0.05, 0) is 57.0 Å². The molecule has 4 rings (SSSR count). The molecule has 0 radical (unpaired) electrons. The van der Waals surface area contributed by atoms with E-state index in [2.05, 4.69) is 29.4 Å². The fourth-order valence-corrected chi connectivity index (χ4v) is 4.50. The van der Waals surface area contributed by atoms with Crippen molar-refractivity contribution in [3.05, 3.63) is 62.9 Å². The second-order valence-electron chi connectivity index (χ2n) is 7.43. The van der Waals surface area contributed by atoms with Crippen molar-refractivity contribution in [1.82, 2.24) is 9.55 Å². The number of nitrogens with two attached hydrogens (primary N) is 1. The van der Waals surface area contributed by atoms with Crippen molar-refractivity contribution < 1.29 is 4.79 Å². The molecule has 0 saturated heterocycles. The maximum absolute atomic E-state index is 11.7. The molecule has 3 heterocycles. The van der Waals surface area contributed by atoms with E-state index in [9.17, 15) is 4.79 Å². The van der Waals surface area contributed by atoms with Gasteiger partial charge in [-0.1, -0.05) is 29.3 Å². The molecule has 150 valence electrons. The Kier molecular flexibility index (Phi) is 5.05. The molecule has 0 bridgehead atoms. The predicted molar refractivity (Wildman–Crippen MR) is 119 cm³/mol. The van der Waals surface area contributed by atoms with Crippen molar-refractivity contribution in [3.8, 4) is 5.69 Å². The Labute approximate surface area is 179 Å². The molecule has 29 heavy (non-hydrogen) atoms. The molecule has 1 amide bonds. The highest BCUT2D eigenvalue weighted by Gasteiger charge is 2.24. The third-order valence-electron chi connectivity index (χ3n) is 5.53. The molecule has 1 aliphatic rings. The predicted octanol–water partition coefficient (Wildman–Crippen LogP) is 4.88. The first-order valence-corrected chi connectivity index (χ1v) is 10.2. The lowest BCUT2D eigenvalue weighted by atomic mass is 10.1. The molecule has 7 heteroatoms. The van der Waals surface area contributed by atoms with E-state index in [0.29, 0.717) is 22.2 Å². The minimum absolute atomic E-state index is 0.366. The third-order valence-corrected chi connectivity index (χ3v) is 6.07. The summed E-state index contributed by atoms with van der Waals surface area (Å²) >= 11 is 12.6. The van der Waals surface area contributed by atoms with Gasteiger partial charge < -0.3 is 10.6 Å². The van der Waals surface area contributed by atoms with Gasteiger partial charge in [-0.3, -0.25) is 9.36 Å². The number of hydrogen-bond acceptors (Lipinski definition) is 3. The van der Waals surface area contributed by atoms with Crippen LogP contribution < -0.4 is 10.6 Å². The van der Waals surface area contributed by atoms with Crippen LogP contribution in [-0.4, -0.2) is 28.5 Å². The van der Waals surface area contributed by atoms with Crippen LogP contribution in [0.1, 0.15) is 23.4 Å². The lowest BCUT2D eigenvalue weighted by molar-refractivity contribution is -0.114. The number of fused-ring (bicyclic) bond motifs is 1. The molecule has 0 unspecified atom stereocenters. The molecule has 0 aliphatic carbocycles. The van der Waals surface area contributed by atoms with Gasteiger partial charge in [0, 0.05) is 40.5 Å². The van der Waals surface area contributed by atoms with Gasteiger partial charge in [0.15, 0.2) is 0 Å². The van der Waals surface area contributed by atoms with Crippen LogP contribution in [0, 0.1) is 20.8 Å². The smallest absolute Gasteiger partial charge is 0.246 e. The summed E-state index contributed by atoms with van der Waals surface area (Å²) in [4.78, 5) is 18.8. The maximum Gasteiger partial charge on any atom is 0.246 e. The minimum Gasteiger partial charge on any atom is -0.366 e. The Morgan fingerprint density at radius 2 is 1.90 bits per heavy atom. The molecule has 1 aromatic carbocycles. The number of halogens is 2. The van der Waals surface area contributed by atoms with Gasteiger partial charge in [0.2, 0.25) is 5.91 Å². The molecule has 0 spiro atoms. The van der Waals surface area contributed by atoms with Crippen LogP contribution in [0.15, 0.2) is 35.9 Å². The van der Waals surface area contributed by atoms with Crippen LogP contribution >= 0.6 is 23.2 Å². The van der Waals surface area contributed by atoms with Crippen LogP contribution in [0.4, 0.5) is 5.69 Å². The van der Waals surface area contributed by atoms with Crippen molar-refractivity contribution in [2.75, 3.05) is 18.0 Å². The highest BCUT2D eigenvalue weighted by molar-refractivity contribution is 6.35. The summed E-state index contributed by atoms with van der Waals surface area (Å²) in [6, 6.07) is 7.56. The number of carbonyl (C=O) groups is 1. The molecule has 2 aromatic heterocycles. The van der Waals surface area contributed by atoms with Gasteiger partial charge in [0.25, 0.3) is 0 Å². The minimum atomic E-state index is -0.366. The molecular weight excluding hydrogens is 407 g/mol. The van der Waals surface area contributed by atoms with E-state index in [1.54, 1.807) is 6.07 Å². The van der Waals surface area contributed by atoms with E-state index in [1.807, 2.05) is 25.1 Å². The first-order chi connectivity index (χ1) is 13.8. The first-order valence-electron chi connectivity index (χ1n) is 9.46. The molecular formula is C22H22Cl2N4O. The van der Waals surface area contributed by atoms with E-state index in [0.717, 1.165) is 52.3 Å². The summed E-state index contributed by atoms with van der Waals surface area (Å²) in [7, 11) is 0. The number of aromatic nitrogens is 2. The second kappa shape index (κ2) is 7.39. The van der Waals surface area contributed by atoms with Gasteiger partial charge in [-0.25, -0.2) is 4.98 Å². The molecule has 5 nitrogen and oxygen atoms in total. The van der Waals surface area contributed by atoms with E-state index < -0.39 is 0 Å². The van der Waals surface area contributed by atoms with Gasteiger partial charge >= 0.3 is 0 Å². The van der Waals surface area contributed by atoms with Crippen LogP contribution in [0.5, 0.6) is 0 Å². The van der Waals surface area contributed by atoms with Crippen molar-refractivity contribution >= 4 is 45.8 Å². The number of hydrogen-bond donors (Lipinski definition) is 1. The second-order valence-corrected chi connectivity index (χ2v) is 8.27. The molecule has 0 atom stereocenters. The Balaban J connectivity index is 1.95. The van der Waals surface area contributed by atoms with E-state index in [-0.39, 0.29) is 5.91 Å². The zero-order valence-corrected chi connectivity index (χ0v) is 18.1. The zero-order valence-electron chi connectivity index (χ0n) is 16.6. The number of carbonyl (C=O) groups excluding carboxylic acids is 1. The maximum atomic E-state index is 11.7. The number of nitrogens with zero attached hydrogens (tertiary/aromatic N) is 3. The Bertz CT molecular complexity index is 1180. The topological polar surface area (TPSA) is 64.2 Å². The first kappa shape index (κ1) is 19.8. The zero-order chi connectivity index (χ0) is 20.9. The summed E-state index contributed by atoms with van der Waals surface area (Å²) in [5.41, 5.74) is 12.0. The number of anilines is 1. The van der Waals surface area contributed by atoms with E-state index in [4.69, 9.17) is 33.9 Å². The fraction of sp³-hybridized carbons (Fsp3) is 0.273. The molecule has 1 aliphatic heterocycles. The molecule has 0 saturated carbocycles. The number of benzene rings is 1. The van der Waals surface area contributed by atoms with E-state index in [1.165, 1.54) is 0 Å². The van der Waals surface area contributed by atoms with Crippen molar-refractivity contribution in [1.29, 1.82) is 0 Å². The van der Waals surface area contributed by atoms with Crippen LogP contribution in [0.2, 0.25) is 10.0 Å². The van der Waals surface area contributed by atoms with Crippen LogP contribution in [0.25, 0.3) is 16.7 Å². The third kappa shape index (κ3) is 3.38. The molecule has 0 fully saturated rings. The van der Waals surface area contributed by atoms with Crippen molar-refractivity contribution in [3.63, 3.8) is 0 Å². The summed E-state index contributed by atoms with van der Waals surface area (Å²) < 4.78 is 2.08. The lowest BCUT2D eigenvalue weighted by Gasteiger charge is -2.29. The average molecular weight is 429 g/mol. The average Bonchev–Trinajstić information content (AvgIpc) is 2.92. The summed E-state index contributed by atoms with van der Waals surface area (Å²) in [5, 5.41) is 2.22. The quantitative estimate of drug-likeness (QED) is 0.646. The Morgan fingerprint density at radius 1 is 1.14 bits per heavy atom. The molecule has 2 N–H and O–H groups in total. The normalized spacial score (nSPS) is 14.4. The number of pyridine rings is 1. The van der Waals surface area contributed by atoms with Crippen molar-refractivity contribution in [2.45, 2.75) is 27.2 Å². The largest absolute Gasteiger partial charge is 0.366 e. The summed E-state index contributed by atoms with van der Waals surface area (Å²) in [6.07, 6.45) is 2.71. The number of primary amides is 1. The number of rotatable bonds is 3. The monoisotopic (exact) mass is 428 g/mol. The highest BCUT2D eigenvalue weighted by Crippen LogP contribution is 2.38. The Morgan fingerprint density at radius 3 is 2.59 bits per heavy atom. The Hall–Kier alpha value is -2.50. The number of amides is 1. The van der Waals surface area contributed by atoms with Crippen LogP contribution in [0.3, 0.4) is 0 Å². The van der Waals surface area contributed by atoms with Gasteiger partial charge in [-0.2, -0.15) is 0 Å². The SMILES string of the molecule is Cc1cc(N2CCC=C(C(N)=O)C2)c2c(C)c(C)n(-c3ccc(Cl)cc3Cl)c2n1.